The first kappa shape index (κ1) is 18.3. The molecular weight excluding hydrogens is 281 g/mol. The lowest BCUT2D eigenvalue weighted by molar-refractivity contribution is 0.356. The van der Waals surface area contributed by atoms with E-state index >= 15 is 0 Å². The molecule has 1 aromatic carbocycles. The maximum absolute atomic E-state index is 12.5. The van der Waals surface area contributed by atoms with Crippen molar-refractivity contribution in [3.63, 3.8) is 0 Å². The molecular formula is C17H29NO2P+. The van der Waals surface area contributed by atoms with Gasteiger partial charge < -0.3 is 5.73 Å². The fourth-order valence-corrected chi connectivity index (χ4v) is 3.60. The third-order valence-electron chi connectivity index (χ3n) is 3.51. The van der Waals surface area contributed by atoms with Crippen molar-refractivity contribution in [1.82, 2.24) is 0 Å². The largest absolute Gasteiger partial charge is 0.549 e. The second-order valence-corrected chi connectivity index (χ2v) is 8.63. The van der Waals surface area contributed by atoms with Crippen LogP contribution in [0.15, 0.2) is 12.1 Å². The monoisotopic (exact) mass is 310 g/mol. The summed E-state index contributed by atoms with van der Waals surface area (Å²) in [5.74, 6) is 0. The molecule has 0 saturated carbocycles. The summed E-state index contributed by atoms with van der Waals surface area (Å²) in [4.78, 5) is 0. The Morgan fingerprint density at radius 1 is 1.10 bits per heavy atom. The first-order chi connectivity index (χ1) is 9.52. The summed E-state index contributed by atoms with van der Waals surface area (Å²) in [5, 5.41) is 0.787. The minimum absolute atomic E-state index is 0.0275. The van der Waals surface area contributed by atoms with Crippen LogP contribution in [0.1, 0.15) is 65.2 Å². The number of hydrogen-bond acceptors (Lipinski definition) is 3. The Kier molecular flexibility index (Phi) is 5.71. The van der Waals surface area contributed by atoms with Crippen LogP contribution in [0.4, 0.5) is 0 Å². The van der Waals surface area contributed by atoms with Gasteiger partial charge in [0.2, 0.25) is 5.30 Å². The van der Waals surface area contributed by atoms with Gasteiger partial charge >= 0.3 is 8.03 Å². The number of nitrogens with two attached hydrogens (primary N) is 1. The Bertz CT molecular complexity index is 525. The lowest BCUT2D eigenvalue weighted by Gasteiger charge is -2.26. The van der Waals surface area contributed by atoms with Gasteiger partial charge in [-0.3, -0.25) is 0 Å². The lowest BCUT2D eigenvalue weighted by atomic mass is 9.79. The lowest BCUT2D eigenvalue weighted by Crippen LogP contribution is -2.27. The number of hydrogen-bond donors (Lipinski definition) is 1. The minimum Gasteiger partial charge on any atom is -0.326 e. The van der Waals surface area contributed by atoms with Crippen LogP contribution in [-0.2, 0) is 26.5 Å². The zero-order chi connectivity index (χ0) is 16.4. The molecule has 4 heteroatoms. The summed E-state index contributed by atoms with van der Waals surface area (Å²) in [6.45, 7) is 15.6. The standard InChI is InChI=1S/C17H29NO2P/c1-8-20-21(19)15-12(11-18)9-13(16(2,3)4)10-14(15)17(5,6)7/h9-10H,8,11,18H2,1-7H3/q+1. The Morgan fingerprint density at radius 3 is 2.05 bits per heavy atom. The molecule has 1 unspecified atom stereocenters. The molecule has 21 heavy (non-hydrogen) atoms. The molecule has 0 fully saturated rings. The fraction of sp³-hybridized carbons (Fsp3) is 0.647. The highest BCUT2D eigenvalue weighted by molar-refractivity contribution is 7.48. The van der Waals surface area contributed by atoms with Crippen molar-refractivity contribution in [2.24, 2.45) is 5.73 Å². The maximum atomic E-state index is 12.5. The summed E-state index contributed by atoms with van der Waals surface area (Å²) in [7, 11) is -1.87. The number of rotatable bonds is 4. The highest BCUT2D eigenvalue weighted by Crippen LogP contribution is 2.35. The van der Waals surface area contributed by atoms with Gasteiger partial charge in [0.15, 0.2) is 0 Å². The van der Waals surface area contributed by atoms with Crippen LogP contribution in [0.3, 0.4) is 0 Å². The quantitative estimate of drug-likeness (QED) is 0.850. The zero-order valence-corrected chi connectivity index (χ0v) is 15.3. The molecule has 0 bridgehead atoms. The first-order valence-electron chi connectivity index (χ1n) is 7.50. The molecule has 0 aromatic heterocycles. The van der Waals surface area contributed by atoms with Crippen molar-refractivity contribution < 1.29 is 9.09 Å². The van der Waals surface area contributed by atoms with E-state index in [0.29, 0.717) is 13.2 Å². The topological polar surface area (TPSA) is 52.3 Å². The Labute approximate surface area is 130 Å². The van der Waals surface area contributed by atoms with Gasteiger partial charge in [0.1, 0.15) is 6.61 Å². The van der Waals surface area contributed by atoms with Crippen molar-refractivity contribution in [2.75, 3.05) is 6.61 Å². The summed E-state index contributed by atoms with van der Waals surface area (Å²) < 4.78 is 17.9. The summed E-state index contributed by atoms with van der Waals surface area (Å²) in [6, 6.07) is 4.25. The first-order valence-corrected chi connectivity index (χ1v) is 8.68. The maximum Gasteiger partial charge on any atom is 0.549 e. The van der Waals surface area contributed by atoms with Gasteiger partial charge in [-0.05, 0) is 33.9 Å². The molecule has 0 aliphatic heterocycles. The Hall–Kier alpha value is -0.760. The van der Waals surface area contributed by atoms with Crippen LogP contribution in [0.5, 0.6) is 0 Å². The molecule has 1 rings (SSSR count). The van der Waals surface area contributed by atoms with Crippen molar-refractivity contribution in [3.8, 4) is 0 Å². The predicted molar refractivity (Wildman–Crippen MR) is 90.6 cm³/mol. The zero-order valence-electron chi connectivity index (χ0n) is 14.4. The molecule has 0 radical (unpaired) electrons. The minimum atomic E-state index is -1.87. The van der Waals surface area contributed by atoms with Crippen LogP contribution >= 0.6 is 8.03 Å². The predicted octanol–water partition coefficient (Wildman–Crippen LogP) is 4.14. The molecule has 0 saturated heterocycles. The van der Waals surface area contributed by atoms with E-state index in [9.17, 15) is 4.57 Å². The van der Waals surface area contributed by atoms with E-state index in [1.807, 2.05) is 6.92 Å². The Balaban J connectivity index is 3.65. The van der Waals surface area contributed by atoms with Gasteiger partial charge in [-0.15, -0.1) is 4.52 Å². The van der Waals surface area contributed by atoms with Gasteiger partial charge in [-0.1, -0.05) is 47.6 Å². The highest BCUT2D eigenvalue weighted by atomic mass is 31.1. The number of benzene rings is 1. The molecule has 0 spiro atoms. The van der Waals surface area contributed by atoms with Crippen LogP contribution < -0.4 is 11.0 Å². The Morgan fingerprint density at radius 2 is 1.67 bits per heavy atom. The van der Waals surface area contributed by atoms with Gasteiger partial charge in [0.05, 0.1) is 0 Å². The molecule has 0 heterocycles. The second kappa shape index (κ2) is 6.56. The molecule has 1 aromatic rings. The SMILES string of the molecule is CCO[P+](=O)c1c(CN)cc(C(C)(C)C)cc1C(C)(C)C. The van der Waals surface area contributed by atoms with E-state index in [-0.39, 0.29) is 10.8 Å². The van der Waals surface area contributed by atoms with E-state index < -0.39 is 8.03 Å². The van der Waals surface area contributed by atoms with Crippen LogP contribution in [0.25, 0.3) is 0 Å². The van der Waals surface area contributed by atoms with Crippen LogP contribution in [0, 0.1) is 0 Å². The van der Waals surface area contributed by atoms with Crippen molar-refractivity contribution in [1.29, 1.82) is 0 Å². The van der Waals surface area contributed by atoms with Gasteiger partial charge in [-0.2, -0.15) is 0 Å². The van der Waals surface area contributed by atoms with E-state index in [0.717, 1.165) is 16.4 Å². The molecule has 0 amide bonds. The van der Waals surface area contributed by atoms with E-state index in [1.165, 1.54) is 5.56 Å². The van der Waals surface area contributed by atoms with Crippen molar-refractivity contribution >= 4 is 13.3 Å². The van der Waals surface area contributed by atoms with Gasteiger partial charge in [0, 0.05) is 17.7 Å². The van der Waals surface area contributed by atoms with Crippen LogP contribution in [-0.4, -0.2) is 6.61 Å². The van der Waals surface area contributed by atoms with Crippen molar-refractivity contribution in [3.05, 3.63) is 28.8 Å². The molecule has 0 aliphatic carbocycles. The van der Waals surface area contributed by atoms with Crippen LogP contribution in [0.2, 0.25) is 0 Å². The average Bonchev–Trinajstić information content (AvgIpc) is 2.35. The van der Waals surface area contributed by atoms with E-state index in [4.69, 9.17) is 10.3 Å². The normalized spacial score (nSPS) is 13.4. The average molecular weight is 310 g/mol. The van der Waals surface area contributed by atoms with Gasteiger partial charge in [0.25, 0.3) is 0 Å². The summed E-state index contributed by atoms with van der Waals surface area (Å²) >= 11 is 0. The van der Waals surface area contributed by atoms with E-state index in [1.54, 1.807) is 0 Å². The molecule has 2 N–H and O–H groups in total. The fourth-order valence-electron chi connectivity index (χ4n) is 2.25. The highest BCUT2D eigenvalue weighted by Gasteiger charge is 2.35. The third kappa shape index (κ3) is 4.35. The third-order valence-corrected chi connectivity index (χ3v) is 4.90. The second-order valence-electron chi connectivity index (χ2n) is 7.41. The molecule has 118 valence electrons. The van der Waals surface area contributed by atoms with Gasteiger partial charge in [-0.25, -0.2) is 0 Å². The smallest absolute Gasteiger partial charge is 0.326 e. The van der Waals surface area contributed by atoms with E-state index in [2.05, 4.69) is 53.7 Å². The summed E-state index contributed by atoms with van der Waals surface area (Å²) in [5.41, 5.74) is 9.07. The molecule has 1 atom stereocenters. The molecule has 3 nitrogen and oxygen atoms in total. The van der Waals surface area contributed by atoms with Crippen molar-refractivity contribution in [2.45, 2.75) is 65.8 Å². The molecule has 0 aliphatic rings. The summed E-state index contributed by atoms with van der Waals surface area (Å²) in [6.07, 6.45) is 0.